The van der Waals surface area contributed by atoms with Crippen LogP contribution < -0.4 is 5.32 Å². The van der Waals surface area contributed by atoms with E-state index >= 15 is 0 Å². The minimum atomic E-state index is -0.121. The summed E-state index contributed by atoms with van der Waals surface area (Å²) >= 11 is 0. The molecule has 0 spiro atoms. The topological polar surface area (TPSA) is 41.6 Å². The van der Waals surface area contributed by atoms with Crippen molar-refractivity contribution in [2.24, 2.45) is 0 Å². The Morgan fingerprint density at radius 2 is 1.86 bits per heavy atom. The van der Waals surface area contributed by atoms with Gasteiger partial charge >= 0.3 is 0 Å². The normalized spacial score (nSPS) is 24.6. The first-order valence-electron chi connectivity index (χ1n) is 7.68. The zero-order valence-electron chi connectivity index (χ0n) is 13.4. The van der Waals surface area contributed by atoms with Crippen LogP contribution >= 0.6 is 0 Å². The molecule has 1 aliphatic heterocycles. The predicted molar refractivity (Wildman–Crippen MR) is 84.1 cm³/mol. The van der Waals surface area contributed by atoms with E-state index in [4.69, 9.17) is 4.74 Å². The monoisotopic (exact) mass is 290 g/mol. The quantitative estimate of drug-likeness (QED) is 0.923. The van der Waals surface area contributed by atoms with E-state index in [2.05, 4.69) is 55.3 Å². The number of carbonyl (C=O) groups excluding carboxylic acids is 1. The number of rotatable bonds is 4. The van der Waals surface area contributed by atoms with Gasteiger partial charge in [-0.2, -0.15) is 0 Å². The van der Waals surface area contributed by atoms with Crippen LogP contribution in [0.1, 0.15) is 31.9 Å². The second kappa shape index (κ2) is 7.05. The molecule has 0 aliphatic carbocycles. The van der Waals surface area contributed by atoms with Gasteiger partial charge in [0, 0.05) is 19.6 Å². The van der Waals surface area contributed by atoms with E-state index in [1.807, 2.05) is 6.92 Å². The van der Waals surface area contributed by atoms with E-state index in [0.717, 1.165) is 18.7 Å². The van der Waals surface area contributed by atoms with E-state index < -0.39 is 0 Å². The van der Waals surface area contributed by atoms with Crippen LogP contribution in [0.25, 0.3) is 0 Å². The maximum atomic E-state index is 12.3. The molecule has 0 bridgehead atoms. The molecule has 4 heteroatoms. The van der Waals surface area contributed by atoms with E-state index in [0.29, 0.717) is 6.54 Å². The molecule has 0 aromatic heterocycles. The van der Waals surface area contributed by atoms with Crippen LogP contribution in [0.3, 0.4) is 0 Å². The third-order valence-electron chi connectivity index (χ3n) is 3.96. The smallest absolute Gasteiger partial charge is 0.237 e. The summed E-state index contributed by atoms with van der Waals surface area (Å²) in [6.45, 7) is 10.3. The zero-order valence-corrected chi connectivity index (χ0v) is 13.4. The predicted octanol–water partition coefficient (Wildman–Crippen LogP) is 2.11. The highest BCUT2D eigenvalue weighted by Crippen LogP contribution is 2.13. The van der Waals surface area contributed by atoms with Gasteiger partial charge < -0.3 is 10.1 Å². The molecule has 3 atom stereocenters. The molecular weight excluding hydrogens is 264 g/mol. The molecule has 1 amide bonds. The number of hydrogen-bond donors (Lipinski definition) is 1. The van der Waals surface area contributed by atoms with Gasteiger partial charge in [-0.3, -0.25) is 9.69 Å². The van der Waals surface area contributed by atoms with Crippen molar-refractivity contribution in [3.05, 3.63) is 35.4 Å². The number of aryl methyl sites for hydroxylation is 1. The second-order valence-electron chi connectivity index (χ2n) is 6.09. The number of amides is 1. The third-order valence-corrected chi connectivity index (χ3v) is 3.96. The van der Waals surface area contributed by atoms with Crippen LogP contribution in [0.2, 0.25) is 0 Å². The lowest BCUT2D eigenvalue weighted by atomic mass is 10.1. The Kier molecular flexibility index (Phi) is 5.37. The van der Waals surface area contributed by atoms with Gasteiger partial charge in [0.25, 0.3) is 0 Å². The van der Waals surface area contributed by atoms with Crippen molar-refractivity contribution in [2.45, 2.75) is 52.5 Å². The van der Waals surface area contributed by atoms with Gasteiger partial charge in [0.2, 0.25) is 5.91 Å². The van der Waals surface area contributed by atoms with Crippen molar-refractivity contribution < 1.29 is 9.53 Å². The number of carbonyl (C=O) groups is 1. The van der Waals surface area contributed by atoms with Crippen LogP contribution in [0.4, 0.5) is 0 Å². The molecule has 2 rings (SSSR count). The van der Waals surface area contributed by atoms with Crippen LogP contribution in [0.5, 0.6) is 0 Å². The molecular formula is C17H26N2O2. The first-order chi connectivity index (χ1) is 9.95. The molecule has 1 fully saturated rings. The molecule has 1 aliphatic rings. The maximum Gasteiger partial charge on any atom is 0.237 e. The first-order valence-corrected chi connectivity index (χ1v) is 7.68. The summed E-state index contributed by atoms with van der Waals surface area (Å²) in [5, 5.41) is 3.02. The summed E-state index contributed by atoms with van der Waals surface area (Å²) in [5.74, 6) is 0.0804. The van der Waals surface area contributed by atoms with Crippen molar-refractivity contribution >= 4 is 5.91 Å². The molecule has 1 N–H and O–H groups in total. The summed E-state index contributed by atoms with van der Waals surface area (Å²) < 4.78 is 5.71. The van der Waals surface area contributed by atoms with E-state index in [9.17, 15) is 4.79 Å². The fourth-order valence-electron chi connectivity index (χ4n) is 2.74. The Morgan fingerprint density at radius 3 is 2.43 bits per heavy atom. The average Bonchev–Trinajstić information content (AvgIpc) is 2.44. The lowest BCUT2D eigenvalue weighted by Gasteiger charge is -2.38. The number of hydrogen-bond acceptors (Lipinski definition) is 3. The molecule has 1 heterocycles. The van der Waals surface area contributed by atoms with Gasteiger partial charge in [-0.1, -0.05) is 29.8 Å². The van der Waals surface area contributed by atoms with Gasteiger partial charge in [-0.15, -0.1) is 0 Å². The molecule has 1 aromatic rings. The van der Waals surface area contributed by atoms with Gasteiger partial charge in [-0.05, 0) is 33.3 Å². The van der Waals surface area contributed by atoms with Crippen molar-refractivity contribution in [1.29, 1.82) is 0 Å². The van der Waals surface area contributed by atoms with Crippen molar-refractivity contribution in [3.63, 3.8) is 0 Å². The number of benzene rings is 1. The summed E-state index contributed by atoms with van der Waals surface area (Å²) in [6, 6.07) is 8.12. The highest BCUT2D eigenvalue weighted by molar-refractivity contribution is 5.81. The Hall–Kier alpha value is -1.39. The van der Waals surface area contributed by atoms with Gasteiger partial charge in [0.15, 0.2) is 0 Å². The molecule has 116 valence electrons. The van der Waals surface area contributed by atoms with E-state index in [-0.39, 0.29) is 24.2 Å². The fourth-order valence-corrected chi connectivity index (χ4v) is 2.74. The highest BCUT2D eigenvalue weighted by atomic mass is 16.5. The summed E-state index contributed by atoms with van der Waals surface area (Å²) in [4.78, 5) is 14.5. The molecule has 21 heavy (non-hydrogen) atoms. The molecule has 0 radical (unpaired) electrons. The fraction of sp³-hybridized carbons (Fsp3) is 0.588. The number of nitrogens with one attached hydrogen (secondary N) is 1. The molecule has 0 saturated carbocycles. The SMILES string of the molecule is Cc1ccc(CNC(=O)C(C)N2CC(C)OC(C)C2)cc1. The highest BCUT2D eigenvalue weighted by Gasteiger charge is 2.28. The molecule has 1 saturated heterocycles. The lowest BCUT2D eigenvalue weighted by molar-refractivity contribution is -0.131. The van der Waals surface area contributed by atoms with Crippen molar-refractivity contribution in [2.75, 3.05) is 13.1 Å². The Labute approximate surface area is 127 Å². The summed E-state index contributed by atoms with van der Waals surface area (Å²) in [6.07, 6.45) is 0.363. The van der Waals surface area contributed by atoms with Crippen LogP contribution in [0.15, 0.2) is 24.3 Å². The van der Waals surface area contributed by atoms with Gasteiger partial charge in [-0.25, -0.2) is 0 Å². The summed E-state index contributed by atoms with van der Waals surface area (Å²) in [7, 11) is 0. The van der Waals surface area contributed by atoms with Crippen LogP contribution in [-0.4, -0.2) is 42.1 Å². The Morgan fingerprint density at radius 1 is 1.29 bits per heavy atom. The van der Waals surface area contributed by atoms with E-state index in [1.54, 1.807) is 0 Å². The average molecular weight is 290 g/mol. The van der Waals surface area contributed by atoms with Gasteiger partial charge in [0.1, 0.15) is 0 Å². The maximum absolute atomic E-state index is 12.3. The van der Waals surface area contributed by atoms with Crippen molar-refractivity contribution in [3.8, 4) is 0 Å². The summed E-state index contributed by atoms with van der Waals surface area (Å²) in [5.41, 5.74) is 2.36. The zero-order chi connectivity index (χ0) is 15.4. The van der Waals surface area contributed by atoms with E-state index in [1.165, 1.54) is 5.56 Å². The lowest BCUT2D eigenvalue weighted by Crippen LogP contribution is -2.53. The Bertz CT molecular complexity index is 462. The first kappa shape index (κ1) is 16.0. The van der Waals surface area contributed by atoms with Crippen LogP contribution in [-0.2, 0) is 16.1 Å². The second-order valence-corrected chi connectivity index (χ2v) is 6.09. The molecule has 3 unspecified atom stereocenters. The van der Waals surface area contributed by atoms with Gasteiger partial charge in [0.05, 0.1) is 18.2 Å². The minimum absolute atomic E-state index is 0.0804. The minimum Gasteiger partial charge on any atom is -0.373 e. The van der Waals surface area contributed by atoms with Crippen molar-refractivity contribution in [1.82, 2.24) is 10.2 Å². The number of nitrogens with zero attached hydrogens (tertiary/aromatic N) is 1. The van der Waals surface area contributed by atoms with Crippen LogP contribution in [0, 0.1) is 6.92 Å². The standard InChI is InChI=1S/C17H26N2O2/c1-12-5-7-16(8-6-12)9-18-17(20)15(4)19-10-13(2)21-14(3)11-19/h5-8,13-15H,9-11H2,1-4H3,(H,18,20). The molecule has 1 aromatic carbocycles. The number of morpholine rings is 1. The third kappa shape index (κ3) is 4.55. The Balaban J connectivity index is 1.86. The largest absolute Gasteiger partial charge is 0.373 e. The molecule has 4 nitrogen and oxygen atoms in total. The number of ether oxygens (including phenoxy) is 1.